The molecule has 0 radical (unpaired) electrons. The second-order valence-corrected chi connectivity index (χ2v) is 8.60. The van der Waals surface area contributed by atoms with Gasteiger partial charge in [0.25, 0.3) is 0 Å². The molecule has 2 aromatic heterocycles. The van der Waals surface area contributed by atoms with Crippen LogP contribution in [0.15, 0.2) is 101 Å². The third-order valence-corrected chi connectivity index (χ3v) is 6.45. The summed E-state index contributed by atoms with van der Waals surface area (Å²) < 4.78 is 6.05. The van der Waals surface area contributed by atoms with E-state index in [2.05, 4.69) is 81.6 Å². The van der Waals surface area contributed by atoms with Crippen molar-refractivity contribution >= 4 is 51.2 Å². The standard InChI is InChI=1S/C30H20N4O/c31-29-23(30-32-24-9-3-4-10-25(24)33-30)17-21-15-16-22(18-28(21)35-29)34-26-11-5-1-7-19(26)13-14-20-8-2-6-12-27(20)34/h1-18,31H,(H,32,33). The van der Waals surface area contributed by atoms with E-state index in [9.17, 15) is 0 Å². The Bertz CT molecular complexity index is 1760. The summed E-state index contributed by atoms with van der Waals surface area (Å²) >= 11 is 0. The third kappa shape index (κ3) is 3.17. The van der Waals surface area contributed by atoms with Gasteiger partial charge in [-0.2, -0.15) is 0 Å². The number of imidazole rings is 1. The predicted octanol–water partition coefficient (Wildman–Crippen LogP) is 7.41. The van der Waals surface area contributed by atoms with Crippen LogP contribution < -0.4 is 10.5 Å². The molecular weight excluding hydrogens is 432 g/mol. The van der Waals surface area contributed by atoms with Crippen LogP contribution in [-0.2, 0) is 0 Å². The monoisotopic (exact) mass is 452 g/mol. The Kier molecular flexibility index (Phi) is 4.23. The molecule has 0 aliphatic carbocycles. The lowest BCUT2D eigenvalue weighted by Crippen LogP contribution is -2.12. The highest BCUT2D eigenvalue weighted by Crippen LogP contribution is 2.42. The van der Waals surface area contributed by atoms with Crippen LogP contribution >= 0.6 is 0 Å². The summed E-state index contributed by atoms with van der Waals surface area (Å²) in [5, 5.41) is 9.51. The van der Waals surface area contributed by atoms with Crippen LogP contribution in [0.4, 0.5) is 17.1 Å². The minimum absolute atomic E-state index is 0.0760. The normalized spacial score (nSPS) is 12.5. The molecule has 0 saturated heterocycles. The molecule has 2 N–H and O–H groups in total. The summed E-state index contributed by atoms with van der Waals surface area (Å²) in [6.45, 7) is 0. The first-order valence-corrected chi connectivity index (χ1v) is 11.5. The number of nitrogens with one attached hydrogen (secondary N) is 2. The Hall–Kier alpha value is -4.90. The average molecular weight is 453 g/mol. The highest BCUT2D eigenvalue weighted by Gasteiger charge is 2.20. The number of fused-ring (bicyclic) bond motifs is 4. The van der Waals surface area contributed by atoms with Gasteiger partial charge in [-0.1, -0.05) is 60.7 Å². The zero-order valence-corrected chi connectivity index (χ0v) is 18.7. The number of nitrogens with zero attached hydrogens (tertiary/aromatic N) is 2. The van der Waals surface area contributed by atoms with E-state index in [0.717, 1.165) is 44.6 Å². The maximum atomic E-state index is 8.60. The minimum Gasteiger partial charge on any atom is -0.438 e. The maximum absolute atomic E-state index is 8.60. The highest BCUT2D eigenvalue weighted by molar-refractivity contribution is 5.95. The SMILES string of the molecule is N=c1oc2cc(N3c4ccccc4C=Cc4ccccc43)ccc2cc1-c1nc2ccccc2[nH]1. The topological polar surface area (TPSA) is 68.9 Å². The molecule has 1 aliphatic heterocycles. The van der Waals surface area contributed by atoms with Gasteiger partial charge in [0.15, 0.2) is 0 Å². The lowest BCUT2D eigenvalue weighted by atomic mass is 10.1. The van der Waals surface area contributed by atoms with Crippen LogP contribution in [0.5, 0.6) is 0 Å². The molecule has 0 atom stereocenters. The molecule has 5 heteroatoms. The van der Waals surface area contributed by atoms with Crippen molar-refractivity contribution < 1.29 is 4.42 Å². The Morgan fingerprint density at radius 2 is 1.43 bits per heavy atom. The maximum Gasteiger partial charge on any atom is 0.223 e. The van der Waals surface area contributed by atoms with Crippen LogP contribution in [0.3, 0.4) is 0 Å². The van der Waals surface area contributed by atoms with Crippen LogP contribution in [-0.4, -0.2) is 9.97 Å². The molecule has 3 heterocycles. The van der Waals surface area contributed by atoms with Gasteiger partial charge in [0.1, 0.15) is 11.4 Å². The summed E-state index contributed by atoms with van der Waals surface area (Å²) in [5.41, 5.74) is 8.61. The Labute approximate surface area is 201 Å². The molecule has 35 heavy (non-hydrogen) atoms. The van der Waals surface area contributed by atoms with Gasteiger partial charge in [-0.15, -0.1) is 0 Å². The number of rotatable bonds is 2. The molecule has 0 fully saturated rings. The van der Waals surface area contributed by atoms with Crippen LogP contribution in [0.2, 0.25) is 0 Å². The second-order valence-electron chi connectivity index (χ2n) is 8.60. The fourth-order valence-corrected chi connectivity index (χ4v) is 4.76. The molecule has 6 aromatic rings. The summed E-state index contributed by atoms with van der Waals surface area (Å²) in [4.78, 5) is 10.2. The van der Waals surface area contributed by atoms with Crippen LogP contribution in [0.25, 0.3) is 45.5 Å². The van der Waals surface area contributed by atoms with Gasteiger partial charge in [-0.05, 0) is 53.6 Å². The number of H-pyrrole nitrogens is 1. The lowest BCUT2D eigenvalue weighted by Gasteiger charge is -2.27. The van der Waals surface area contributed by atoms with Crippen molar-refractivity contribution in [3.8, 4) is 11.4 Å². The fourth-order valence-electron chi connectivity index (χ4n) is 4.76. The Morgan fingerprint density at radius 1 is 0.743 bits per heavy atom. The number of benzene rings is 4. The van der Waals surface area contributed by atoms with Gasteiger partial charge in [0.05, 0.1) is 28.0 Å². The van der Waals surface area contributed by atoms with Gasteiger partial charge in [-0.25, -0.2) is 4.98 Å². The number of hydrogen-bond donors (Lipinski definition) is 2. The first kappa shape index (κ1) is 19.6. The average Bonchev–Trinajstić information content (AvgIpc) is 3.25. The van der Waals surface area contributed by atoms with Crippen molar-refractivity contribution in [2.24, 2.45) is 0 Å². The quantitative estimate of drug-likeness (QED) is 0.287. The van der Waals surface area contributed by atoms with E-state index in [4.69, 9.17) is 9.83 Å². The highest BCUT2D eigenvalue weighted by atomic mass is 16.3. The van der Waals surface area contributed by atoms with E-state index in [0.29, 0.717) is 17.0 Å². The van der Waals surface area contributed by atoms with Crippen molar-refractivity contribution in [1.29, 1.82) is 5.41 Å². The summed E-state index contributed by atoms with van der Waals surface area (Å²) in [6, 6.07) is 32.7. The fraction of sp³-hybridized carbons (Fsp3) is 0. The lowest BCUT2D eigenvalue weighted by molar-refractivity contribution is 0.535. The molecule has 5 nitrogen and oxygen atoms in total. The van der Waals surface area contributed by atoms with Crippen molar-refractivity contribution in [2.45, 2.75) is 0 Å². The van der Waals surface area contributed by atoms with Gasteiger partial charge < -0.3 is 14.3 Å². The molecule has 7 rings (SSSR count). The molecule has 0 amide bonds. The van der Waals surface area contributed by atoms with Crippen molar-refractivity contribution in [3.05, 3.63) is 114 Å². The largest absolute Gasteiger partial charge is 0.438 e. The molecule has 0 saturated carbocycles. The van der Waals surface area contributed by atoms with Gasteiger partial charge in [-0.3, -0.25) is 5.41 Å². The molecule has 166 valence electrons. The van der Waals surface area contributed by atoms with Gasteiger partial charge in [0, 0.05) is 17.1 Å². The number of anilines is 3. The van der Waals surface area contributed by atoms with E-state index < -0.39 is 0 Å². The molecule has 1 aliphatic rings. The first-order chi connectivity index (χ1) is 17.2. The van der Waals surface area contributed by atoms with Crippen molar-refractivity contribution in [1.82, 2.24) is 9.97 Å². The summed E-state index contributed by atoms with van der Waals surface area (Å²) in [5.74, 6) is 0.632. The van der Waals surface area contributed by atoms with E-state index in [1.807, 2.05) is 42.5 Å². The molecule has 4 aromatic carbocycles. The van der Waals surface area contributed by atoms with Crippen molar-refractivity contribution in [3.63, 3.8) is 0 Å². The van der Waals surface area contributed by atoms with Gasteiger partial charge in [0.2, 0.25) is 5.55 Å². The third-order valence-electron chi connectivity index (χ3n) is 6.45. The van der Waals surface area contributed by atoms with Crippen LogP contribution in [0.1, 0.15) is 11.1 Å². The second kappa shape index (κ2) is 7.57. The Morgan fingerprint density at radius 3 is 2.17 bits per heavy atom. The van der Waals surface area contributed by atoms with E-state index in [1.165, 1.54) is 0 Å². The number of aromatic nitrogens is 2. The molecule has 0 unspecified atom stereocenters. The summed E-state index contributed by atoms with van der Waals surface area (Å²) in [6.07, 6.45) is 4.31. The predicted molar refractivity (Wildman–Crippen MR) is 141 cm³/mol. The molecule has 0 bridgehead atoms. The smallest absolute Gasteiger partial charge is 0.223 e. The minimum atomic E-state index is 0.0760. The first-order valence-electron chi connectivity index (χ1n) is 11.5. The molecular formula is C30H20N4O. The number of para-hydroxylation sites is 4. The molecule has 0 spiro atoms. The zero-order chi connectivity index (χ0) is 23.4. The van der Waals surface area contributed by atoms with Crippen molar-refractivity contribution in [2.75, 3.05) is 4.90 Å². The summed E-state index contributed by atoms with van der Waals surface area (Å²) in [7, 11) is 0. The van der Waals surface area contributed by atoms with Gasteiger partial charge >= 0.3 is 0 Å². The zero-order valence-electron chi connectivity index (χ0n) is 18.7. The number of aromatic amines is 1. The Balaban J connectivity index is 1.39. The van der Waals surface area contributed by atoms with Crippen LogP contribution in [0, 0.1) is 5.41 Å². The number of hydrogen-bond acceptors (Lipinski definition) is 4. The van der Waals surface area contributed by atoms with E-state index in [-0.39, 0.29) is 5.55 Å². The van der Waals surface area contributed by atoms with E-state index in [1.54, 1.807) is 0 Å². The van der Waals surface area contributed by atoms with E-state index >= 15 is 0 Å².